The summed E-state index contributed by atoms with van der Waals surface area (Å²) in [5.41, 5.74) is 0.912. The molecule has 0 spiro atoms. The molecule has 2 N–H and O–H groups in total. The van der Waals surface area contributed by atoms with Gasteiger partial charge < -0.3 is 20.3 Å². The monoisotopic (exact) mass is 361 g/mol. The average molecular weight is 361 g/mol. The number of carbonyl (C=O) groups excluding carboxylic acids is 2. The van der Waals surface area contributed by atoms with Crippen LogP contribution in [0.5, 0.6) is 0 Å². The molecule has 144 valence electrons. The summed E-state index contributed by atoms with van der Waals surface area (Å²) in [5, 5.41) is 5.51. The van der Waals surface area contributed by atoms with Gasteiger partial charge in [0, 0.05) is 18.1 Å². The van der Waals surface area contributed by atoms with Crippen molar-refractivity contribution >= 4 is 12.0 Å². The zero-order valence-corrected chi connectivity index (χ0v) is 16.0. The van der Waals surface area contributed by atoms with Gasteiger partial charge in [-0.2, -0.15) is 0 Å². The van der Waals surface area contributed by atoms with Gasteiger partial charge in [-0.1, -0.05) is 30.3 Å². The van der Waals surface area contributed by atoms with E-state index in [1.165, 1.54) is 0 Å². The van der Waals surface area contributed by atoms with Crippen molar-refractivity contribution in [2.45, 2.75) is 64.3 Å². The van der Waals surface area contributed by atoms with Crippen LogP contribution in [0.1, 0.15) is 45.1 Å². The minimum absolute atomic E-state index is 0.0561. The maximum atomic E-state index is 12.0. The second-order valence-electron chi connectivity index (χ2n) is 7.25. The molecule has 1 fully saturated rings. The second-order valence-corrected chi connectivity index (χ2v) is 7.25. The van der Waals surface area contributed by atoms with Crippen molar-refractivity contribution in [1.82, 2.24) is 15.5 Å². The summed E-state index contributed by atoms with van der Waals surface area (Å²) in [7, 11) is 2.17. The number of benzene rings is 1. The zero-order chi connectivity index (χ0) is 18.9. The third-order valence-electron chi connectivity index (χ3n) is 5.06. The molecule has 0 aromatic heterocycles. The first kappa shape index (κ1) is 20.2. The Balaban J connectivity index is 1.61. The molecule has 2 amide bonds. The molecular weight excluding hydrogens is 330 g/mol. The molecule has 2 rings (SSSR count). The second kappa shape index (κ2) is 10.2. The molecule has 6 nitrogen and oxygen atoms in total. The van der Waals surface area contributed by atoms with Gasteiger partial charge in [0.25, 0.3) is 0 Å². The van der Waals surface area contributed by atoms with Crippen LogP contribution >= 0.6 is 0 Å². The highest BCUT2D eigenvalue weighted by Crippen LogP contribution is 2.23. The van der Waals surface area contributed by atoms with E-state index in [-0.39, 0.29) is 25.1 Å². The lowest BCUT2D eigenvalue weighted by Crippen LogP contribution is -2.46. The number of hydrogen-bond donors (Lipinski definition) is 2. The molecule has 0 atom stereocenters. The number of nitrogens with zero attached hydrogens (tertiary/aromatic N) is 1. The minimum atomic E-state index is -0.578. The first-order valence-corrected chi connectivity index (χ1v) is 9.41. The predicted molar refractivity (Wildman–Crippen MR) is 102 cm³/mol. The molecule has 0 bridgehead atoms. The van der Waals surface area contributed by atoms with E-state index < -0.39 is 6.09 Å². The Morgan fingerprint density at radius 2 is 1.81 bits per heavy atom. The molecule has 0 saturated heterocycles. The molecule has 0 radical (unpaired) electrons. The first-order chi connectivity index (χ1) is 12.5. The normalized spacial score (nSPS) is 20.0. The quantitative estimate of drug-likeness (QED) is 0.783. The van der Waals surface area contributed by atoms with Crippen molar-refractivity contribution in [1.29, 1.82) is 0 Å². The summed E-state index contributed by atoms with van der Waals surface area (Å²) in [6, 6.07) is 10.8. The Hall–Kier alpha value is -2.08. The van der Waals surface area contributed by atoms with Crippen LogP contribution in [0.25, 0.3) is 0 Å². The van der Waals surface area contributed by atoms with Crippen molar-refractivity contribution in [2.24, 2.45) is 0 Å². The topological polar surface area (TPSA) is 70.7 Å². The van der Waals surface area contributed by atoms with Crippen molar-refractivity contribution < 1.29 is 14.3 Å². The summed E-state index contributed by atoms with van der Waals surface area (Å²) in [5.74, 6) is -0.165. The number of carbonyl (C=O) groups is 2. The van der Waals surface area contributed by atoms with Crippen LogP contribution < -0.4 is 10.6 Å². The summed E-state index contributed by atoms with van der Waals surface area (Å²) >= 11 is 0. The zero-order valence-electron chi connectivity index (χ0n) is 16.0. The van der Waals surface area contributed by atoms with Crippen molar-refractivity contribution in [3.8, 4) is 0 Å². The smallest absolute Gasteiger partial charge is 0.407 e. The lowest BCUT2D eigenvalue weighted by Gasteiger charge is -2.37. The van der Waals surface area contributed by atoms with Crippen LogP contribution in [0.15, 0.2) is 30.3 Å². The molecule has 6 heteroatoms. The highest BCUT2D eigenvalue weighted by atomic mass is 16.5. The van der Waals surface area contributed by atoms with Gasteiger partial charge in [0.2, 0.25) is 5.91 Å². The molecule has 0 aliphatic heterocycles. The third kappa shape index (κ3) is 6.67. The van der Waals surface area contributed by atoms with E-state index >= 15 is 0 Å². The lowest BCUT2D eigenvalue weighted by atomic mass is 9.90. The van der Waals surface area contributed by atoms with E-state index in [1.807, 2.05) is 30.3 Å². The van der Waals surface area contributed by atoms with E-state index in [0.717, 1.165) is 31.2 Å². The molecule has 0 heterocycles. The van der Waals surface area contributed by atoms with Gasteiger partial charge >= 0.3 is 6.09 Å². The number of alkyl carbamates (subject to hydrolysis) is 1. The lowest BCUT2D eigenvalue weighted by molar-refractivity contribution is -0.121. The van der Waals surface area contributed by atoms with Gasteiger partial charge in [0.15, 0.2) is 0 Å². The first-order valence-electron chi connectivity index (χ1n) is 9.41. The van der Waals surface area contributed by atoms with Crippen LogP contribution in [0.3, 0.4) is 0 Å². The van der Waals surface area contributed by atoms with Crippen molar-refractivity contribution in [3.05, 3.63) is 35.9 Å². The van der Waals surface area contributed by atoms with Gasteiger partial charge in [-0.3, -0.25) is 4.79 Å². The number of ether oxygens (including phenoxy) is 1. The Labute approximate surface area is 156 Å². The van der Waals surface area contributed by atoms with Gasteiger partial charge in [-0.25, -0.2) is 4.79 Å². The van der Waals surface area contributed by atoms with E-state index in [4.69, 9.17) is 4.74 Å². The van der Waals surface area contributed by atoms with Crippen molar-refractivity contribution in [3.63, 3.8) is 0 Å². The highest BCUT2D eigenvalue weighted by Gasteiger charge is 2.25. The largest absolute Gasteiger partial charge is 0.445 e. The third-order valence-corrected chi connectivity index (χ3v) is 5.06. The average Bonchev–Trinajstić information content (AvgIpc) is 2.65. The van der Waals surface area contributed by atoms with E-state index in [0.29, 0.717) is 12.1 Å². The van der Waals surface area contributed by atoms with Gasteiger partial charge in [-0.15, -0.1) is 0 Å². The molecule has 1 aromatic carbocycles. The van der Waals surface area contributed by atoms with E-state index in [9.17, 15) is 9.59 Å². The van der Waals surface area contributed by atoms with Gasteiger partial charge in [0.1, 0.15) is 13.2 Å². The standard InChI is InChI=1S/C20H31N3O3/c1-15(2)23(3)18-11-9-17(10-12-18)22-19(24)13-21-20(25)26-14-16-7-5-4-6-8-16/h4-8,15,17-18H,9-14H2,1-3H3,(H,21,25)(H,22,24). The molecule has 0 unspecified atom stereocenters. The summed E-state index contributed by atoms with van der Waals surface area (Å²) < 4.78 is 5.10. The molecule has 1 saturated carbocycles. The highest BCUT2D eigenvalue weighted by molar-refractivity contribution is 5.82. The Bertz CT molecular complexity index is 569. The van der Waals surface area contributed by atoms with Crippen LogP contribution in [-0.2, 0) is 16.1 Å². The van der Waals surface area contributed by atoms with Crippen molar-refractivity contribution in [2.75, 3.05) is 13.6 Å². The Morgan fingerprint density at radius 1 is 1.15 bits per heavy atom. The van der Waals surface area contributed by atoms with Gasteiger partial charge in [0.05, 0.1) is 0 Å². The SMILES string of the molecule is CC(C)N(C)C1CCC(NC(=O)CNC(=O)OCc2ccccc2)CC1. The minimum Gasteiger partial charge on any atom is -0.445 e. The predicted octanol–water partition coefficient (Wildman–Crippen LogP) is 2.68. The van der Waals surface area contributed by atoms with Gasteiger partial charge in [-0.05, 0) is 52.1 Å². The van der Waals surface area contributed by atoms with Crippen LogP contribution in [-0.4, -0.2) is 48.6 Å². The molecule has 1 aliphatic carbocycles. The summed E-state index contributed by atoms with van der Waals surface area (Å²) in [6.45, 7) is 4.55. The van der Waals surface area contributed by atoms with Crippen LogP contribution in [0, 0.1) is 0 Å². The number of nitrogens with one attached hydrogen (secondary N) is 2. The fraction of sp³-hybridized carbons (Fsp3) is 0.600. The summed E-state index contributed by atoms with van der Waals surface area (Å²) in [6.07, 6.45) is 3.56. The summed E-state index contributed by atoms with van der Waals surface area (Å²) in [4.78, 5) is 26.1. The Morgan fingerprint density at radius 3 is 2.42 bits per heavy atom. The van der Waals surface area contributed by atoms with E-state index in [1.54, 1.807) is 0 Å². The fourth-order valence-electron chi connectivity index (χ4n) is 3.25. The molecule has 26 heavy (non-hydrogen) atoms. The molecular formula is C20H31N3O3. The van der Waals surface area contributed by atoms with Crippen LogP contribution in [0.4, 0.5) is 4.79 Å². The van der Waals surface area contributed by atoms with E-state index in [2.05, 4.69) is 36.4 Å². The maximum Gasteiger partial charge on any atom is 0.407 e. The maximum absolute atomic E-state index is 12.0. The molecule has 1 aliphatic rings. The number of hydrogen-bond acceptors (Lipinski definition) is 4. The fourth-order valence-corrected chi connectivity index (χ4v) is 3.25. The number of rotatable bonds is 7. The molecule has 1 aromatic rings. The Kier molecular flexibility index (Phi) is 7.91. The number of amides is 2. The van der Waals surface area contributed by atoms with Crippen LogP contribution in [0.2, 0.25) is 0 Å².